The lowest BCUT2D eigenvalue weighted by Crippen LogP contribution is -2.43. The molecule has 1 fully saturated rings. The molecule has 1 N–H and O–H groups in total. The number of carbonyl (C=O) groups excluding carboxylic acids is 1. The van der Waals surface area contributed by atoms with Crippen molar-refractivity contribution in [2.75, 3.05) is 13.1 Å². The molecule has 0 bridgehead atoms. The van der Waals surface area contributed by atoms with Crippen molar-refractivity contribution in [3.05, 3.63) is 29.8 Å². The molecule has 0 unspecified atom stereocenters. The van der Waals surface area contributed by atoms with E-state index in [0.717, 1.165) is 30.8 Å². The lowest BCUT2D eigenvalue weighted by atomic mass is 9.89. The molecule has 2 aliphatic heterocycles. The summed E-state index contributed by atoms with van der Waals surface area (Å²) in [6, 6.07) is 7.51. The topological polar surface area (TPSA) is 38.3 Å². The summed E-state index contributed by atoms with van der Waals surface area (Å²) >= 11 is 0. The number of nitrogens with one attached hydrogen (secondary N) is 1. The maximum Gasteiger partial charge on any atom is 0.170 e. The van der Waals surface area contributed by atoms with Crippen LogP contribution in [0.25, 0.3) is 0 Å². The highest BCUT2D eigenvalue weighted by atomic mass is 16.5. The van der Waals surface area contributed by atoms with Crippen molar-refractivity contribution in [1.29, 1.82) is 0 Å². The van der Waals surface area contributed by atoms with E-state index in [4.69, 9.17) is 4.74 Å². The Kier molecular flexibility index (Phi) is 1.83. The molecule has 1 spiro atoms. The number of ketones is 1. The van der Waals surface area contributed by atoms with Crippen LogP contribution in [0.5, 0.6) is 5.75 Å². The van der Waals surface area contributed by atoms with Crippen LogP contribution in [-0.4, -0.2) is 24.5 Å². The molecule has 3 nitrogen and oxygen atoms in total. The van der Waals surface area contributed by atoms with Gasteiger partial charge in [0, 0.05) is 13.0 Å². The Balaban J connectivity index is 2.02. The summed E-state index contributed by atoms with van der Waals surface area (Å²) in [5, 5.41) is 3.26. The summed E-state index contributed by atoms with van der Waals surface area (Å²) in [5.74, 6) is 0.956. The lowest BCUT2D eigenvalue weighted by molar-refractivity contribution is 0.0528. The van der Waals surface area contributed by atoms with E-state index in [2.05, 4.69) is 5.32 Å². The van der Waals surface area contributed by atoms with Crippen LogP contribution in [0.2, 0.25) is 0 Å². The summed E-state index contributed by atoms with van der Waals surface area (Å²) in [5.41, 5.74) is 0.459. The molecule has 78 valence electrons. The number of rotatable bonds is 0. The van der Waals surface area contributed by atoms with Gasteiger partial charge in [-0.25, -0.2) is 0 Å². The number of Topliss-reactive ketones (excluding diaryl/α,β-unsaturated/α-hetero) is 1. The van der Waals surface area contributed by atoms with Gasteiger partial charge in [0.05, 0.1) is 12.0 Å². The molecule has 0 radical (unpaired) electrons. The number of ether oxygens (including phenoxy) is 1. The molecule has 2 aliphatic rings. The highest BCUT2D eigenvalue weighted by molar-refractivity contribution is 6.00. The third-order valence-electron chi connectivity index (χ3n) is 3.20. The third kappa shape index (κ3) is 1.35. The molecular weight excluding hydrogens is 190 g/mol. The van der Waals surface area contributed by atoms with E-state index in [-0.39, 0.29) is 11.4 Å². The smallest absolute Gasteiger partial charge is 0.170 e. The standard InChI is InChI=1S/C12H13NO2/c14-10-7-12(5-6-13-8-12)15-11-4-2-1-3-9(10)11/h1-4,13H,5-8H2/t12-/m1/s1. The number of hydrogen-bond acceptors (Lipinski definition) is 3. The van der Waals surface area contributed by atoms with Gasteiger partial charge in [0.25, 0.3) is 0 Å². The average molecular weight is 203 g/mol. The molecular formula is C12H13NO2. The van der Waals surface area contributed by atoms with Crippen molar-refractivity contribution in [1.82, 2.24) is 5.32 Å². The van der Waals surface area contributed by atoms with Crippen LogP contribution in [0.1, 0.15) is 23.2 Å². The summed E-state index contributed by atoms with van der Waals surface area (Å²) in [6.45, 7) is 1.72. The minimum Gasteiger partial charge on any atom is -0.485 e. The van der Waals surface area contributed by atoms with Crippen LogP contribution in [0.3, 0.4) is 0 Å². The van der Waals surface area contributed by atoms with E-state index in [0.29, 0.717) is 6.42 Å². The summed E-state index contributed by atoms with van der Waals surface area (Å²) in [4.78, 5) is 11.9. The minimum absolute atomic E-state index is 0.209. The zero-order valence-corrected chi connectivity index (χ0v) is 8.45. The first-order valence-corrected chi connectivity index (χ1v) is 5.31. The van der Waals surface area contributed by atoms with Gasteiger partial charge in [-0.15, -0.1) is 0 Å². The van der Waals surface area contributed by atoms with E-state index in [1.165, 1.54) is 0 Å². The molecule has 0 aliphatic carbocycles. The number of para-hydroxylation sites is 1. The highest BCUT2D eigenvalue weighted by Crippen LogP contribution is 2.36. The Hall–Kier alpha value is -1.35. The number of fused-ring (bicyclic) bond motifs is 1. The van der Waals surface area contributed by atoms with Gasteiger partial charge < -0.3 is 10.1 Å². The third-order valence-corrected chi connectivity index (χ3v) is 3.20. The Morgan fingerprint density at radius 2 is 2.20 bits per heavy atom. The first-order chi connectivity index (χ1) is 7.29. The van der Waals surface area contributed by atoms with Crippen molar-refractivity contribution < 1.29 is 9.53 Å². The average Bonchev–Trinajstić information content (AvgIpc) is 2.66. The van der Waals surface area contributed by atoms with Crippen LogP contribution >= 0.6 is 0 Å². The van der Waals surface area contributed by atoms with Crippen LogP contribution in [-0.2, 0) is 0 Å². The van der Waals surface area contributed by atoms with Gasteiger partial charge in [0.2, 0.25) is 0 Å². The second-order valence-corrected chi connectivity index (χ2v) is 4.31. The van der Waals surface area contributed by atoms with E-state index >= 15 is 0 Å². The first-order valence-electron chi connectivity index (χ1n) is 5.31. The van der Waals surface area contributed by atoms with E-state index in [1.807, 2.05) is 24.3 Å². The molecule has 3 heteroatoms. The number of benzene rings is 1. The van der Waals surface area contributed by atoms with E-state index < -0.39 is 0 Å². The summed E-state index contributed by atoms with van der Waals surface area (Å²) in [6.07, 6.45) is 1.43. The largest absolute Gasteiger partial charge is 0.485 e. The Morgan fingerprint density at radius 3 is 3.00 bits per heavy atom. The van der Waals surface area contributed by atoms with Gasteiger partial charge in [-0.05, 0) is 18.7 Å². The quantitative estimate of drug-likeness (QED) is 0.692. The molecule has 0 aromatic heterocycles. The van der Waals surface area contributed by atoms with Crippen LogP contribution in [0.4, 0.5) is 0 Å². The maximum absolute atomic E-state index is 11.9. The first kappa shape index (κ1) is 8.92. The zero-order valence-electron chi connectivity index (χ0n) is 8.45. The zero-order chi connectivity index (χ0) is 10.3. The predicted molar refractivity (Wildman–Crippen MR) is 56.2 cm³/mol. The Labute approximate surface area is 88.4 Å². The van der Waals surface area contributed by atoms with E-state index in [9.17, 15) is 4.79 Å². The van der Waals surface area contributed by atoms with Crippen molar-refractivity contribution in [2.45, 2.75) is 18.4 Å². The molecule has 1 saturated heterocycles. The molecule has 0 amide bonds. The van der Waals surface area contributed by atoms with Crippen LogP contribution < -0.4 is 10.1 Å². The molecule has 1 aromatic rings. The Morgan fingerprint density at radius 1 is 1.33 bits per heavy atom. The second kappa shape index (κ2) is 3.07. The van der Waals surface area contributed by atoms with Gasteiger partial charge >= 0.3 is 0 Å². The molecule has 2 heterocycles. The second-order valence-electron chi connectivity index (χ2n) is 4.31. The van der Waals surface area contributed by atoms with Crippen molar-refractivity contribution in [2.24, 2.45) is 0 Å². The lowest BCUT2D eigenvalue weighted by Gasteiger charge is -2.33. The molecule has 1 atom stereocenters. The van der Waals surface area contributed by atoms with Crippen molar-refractivity contribution in [3.8, 4) is 5.75 Å². The fourth-order valence-electron chi connectivity index (χ4n) is 2.40. The predicted octanol–water partition coefficient (Wildman–Crippen LogP) is 1.38. The van der Waals surface area contributed by atoms with Gasteiger partial charge in [0.15, 0.2) is 5.78 Å². The van der Waals surface area contributed by atoms with Gasteiger partial charge in [-0.1, -0.05) is 12.1 Å². The van der Waals surface area contributed by atoms with Gasteiger partial charge in [-0.2, -0.15) is 0 Å². The summed E-state index contributed by atoms with van der Waals surface area (Å²) in [7, 11) is 0. The van der Waals surface area contributed by atoms with Crippen LogP contribution in [0, 0.1) is 0 Å². The monoisotopic (exact) mass is 203 g/mol. The number of carbonyl (C=O) groups is 1. The summed E-state index contributed by atoms with van der Waals surface area (Å²) < 4.78 is 5.97. The Bertz CT molecular complexity index is 408. The van der Waals surface area contributed by atoms with Crippen LogP contribution in [0.15, 0.2) is 24.3 Å². The van der Waals surface area contributed by atoms with Crippen molar-refractivity contribution in [3.63, 3.8) is 0 Å². The highest BCUT2D eigenvalue weighted by Gasteiger charge is 2.42. The molecule has 15 heavy (non-hydrogen) atoms. The number of hydrogen-bond donors (Lipinski definition) is 1. The minimum atomic E-state index is -0.272. The maximum atomic E-state index is 11.9. The normalized spacial score (nSPS) is 28.9. The molecule has 1 aromatic carbocycles. The van der Waals surface area contributed by atoms with E-state index in [1.54, 1.807) is 0 Å². The SMILES string of the molecule is O=C1C[C@@]2(CCNC2)Oc2ccccc21. The molecule has 0 saturated carbocycles. The molecule has 3 rings (SSSR count). The van der Waals surface area contributed by atoms with Crippen molar-refractivity contribution >= 4 is 5.78 Å². The van der Waals surface area contributed by atoms with Gasteiger partial charge in [-0.3, -0.25) is 4.79 Å². The fraction of sp³-hybridized carbons (Fsp3) is 0.417. The van der Waals surface area contributed by atoms with Gasteiger partial charge in [0.1, 0.15) is 11.4 Å². The fourth-order valence-corrected chi connectivity index (χ4v) is 2.40.